The van der Waals surface area contributed by atoms with Gasteiger partial charge in [-0.2, -0.15) is 0 Å². The number of Topliss-reactive ketones (excluding diaryl/α,β-unsaturated/α-hetero) is 1. The van der Waals surface area contributed by atoms with Crippen LogP contribution in [0.15, 0.2) is 73.7 Å². The number of imidazole rings is 1. The fourth-order valence-electron chi connectivity index (χ4n) is 6.01. The summed E-state index contributed by atoms with van der Waals surface area (Å²) >= 11 is 0. The van der Waals surface area contributed by atoms with Crippen molar-refractivity contribution in [1.82, 2.24) is 24.3 Å². The highest BCUT2D eigenvalue weighted by atomic mass is 16.2. The summed E-state index contributed by atoms with van der Waals surface area (Å²) < 4.78 is 1.96. The maximum Gasteiger partial charge on any atom is 0.246 e. The molecule has 4 heterocycles. The molecule has 2 N–H and O–H groups in total. The molecular weight excluding hydrogens is 464 g/mol. The molecule has 1 saturated carbocycles. The number of piperidine rings is 1. The van der Waals surface area contributed by atoms with Gasteiger partial charge in [-0.3, -0.25) is 19.0 Å². The van der Waals surface area contributed by atoms with Crippen molar-refractivity contribution in [2.75, 3.05) is 12.3 Å². The molecule has 37 heavy (non-hydrogen) atoms. The molecule has 1 saturated heterocycles. The number of rotatable bonds is 6. The van der Waals surface area contributed by atoms with Crippen LogP contribution in [0.25, 0.3) is 16.8 Å². The first-order valence-electron chi connectivity index (χ1n) is 12.4. The van der Waals surface area contributed by atoms with Crippen molar-refractivity contribution < 1.29 is 9.59 Å². The lowest BCUT2D eigenvalue weighted by Crippen LogP contribution is -2.35. The average molecular weight is 493 g/mol. The van der Waals surface area contributed by atoms with E-state index in [4.69, 9.17) is 10.7 Å². The Hall–Kier alpha value is -4.33. The second-order valence-electron chi connectivity index (χ2n) is 10.4. The summed E-state index contributed by atoms with van der Waals surface area (Å²) in [6.07, 6.45) is 6.80. The summed E-state index contributed by atoms with van der Waals surface area (Å²) in [7, 11) is 0. The second kappa shape index (κ2) is 8.37. The number of hydrogen-bond donors (Lipinski definition) is 1. The third-order valence-electron chi connectivity index (χ3n) is 8.09. The van der Waals surface area contributed by atoms with Gasteiger partial charge in [0.05, 0.1) is 12.5 Å². The molecule has 3 aromatic heterocycles. The van der Waals surface area contributed by atoms with Gasteiger partial charge >= 0.3 is 0 Å². The number of ketones is 1. The van der Waals surface area contributed by atoms with E-state index < -0.39 is 0 Å². The van der Waals surface area contributed by atoms with Gasteiger partial charge in [0.1, 0.15) is 22.9 Å². The first-order chi connectivity index (χ1) is 17.8. The topological polar surface area (TPSA) is 106 Å². The maximum absolute atomic E-state index is 12.8. The molecule has 8 heteroatoms. The Balaban J connectivity index is 1.40. The van der Waals surface area contributed by atoms with E-state index in [1.807, 2.05) is 45.8 Å². The molecule has 186 valence electrons. The minimum absolute atomic E-state index is 0.00615. The van der Waals surface area contributed by atoms with Gasteiger partial charge in [0.2, 0.25) is 5.91 Å². The lowest BCUT2D eigenvalue weighted by atomic mass is 10.0. The molecule has 1 aromatic carbocycles. The number of carbonyl (C=O) groups is 2. The van der Waals surface area contributed by atoms with Gasteiger partial charge < -0.3 is 10.6 Å². The van der Waals surface area contributed by atoms with Crippen LogP contribution in [0, 0.1) is 17.3 Å². The van der Waals surface area contributed by atoms with Gasteiger partial charge in [-0.1, -0.05) is 50.8 Å². The Kier molecular flexibility index (Phi) is 5.22. The van der Waals surface area contributed by atoms with E-state index in [-0.39, 0.29) is 29.6 Å². The number of likely N-dealkylation sites (tertiary alicyclic amines) is 1. The molecule has 2 fully saturated rings. The molecule has 2 aliphatic rings. The van der Waals surface area contributed by atoms with Gasteiger partial charge in [0.25, 0.3) is 0 Å². The number of pyridine rings is 1. The van der Waals surface area contributed by atoms with Gasteiger partial charge in [0, 0.05) is 42.0 Å². The normalized spacial score (nSPS) is 21.6. The summed E-state index contributed by atoms with van der Waals surface area (Å²) in [6, 6.07) is 12.7. The molecule has 1 aliphatic carbocycles. The van der Waals surface area contributed by atoms with E-state index in [9.17, 15) is 9.59 Å². The van der Waals surface area contributed by atoms with Crippen molar-refractivity contribution in [2.45, 2.75) is 26.3 Å². The van der Waals surface area contributed by atoms with Crippen molar-refractivity contribution in [2.24, 2.45) is 17.3 Å². The minimum Gasteiger partial charge on any atom is -0.382 e. The summed E-state index contributed by atoms with van der Waals surface area (Å²) in [5, 5.41) is 0. The largest absolute Gasteiger partial charge is 0.382 e. The van der Waals surface area contributed by atoms with Crippen LogP contribution in [0.4, 0.5) is 5.82 Å². The first-order valence-corrected chi connectivity index (χ1v) is 12.4. The van der Waals surface area contributed by atoms with Gasteiger partial charge in [-0.25, -0.2) is 9.97 Å². The first kappa shape index (κ1) is 23.1. The van der Waals surface area contributed by atoms with Crippen molar-refractivity contribution in [3.05, 3.63) is 90.8 Å². The molecule has 0 unspecified atom stereocenters. The SMILES string of the molecule is C=CC(=O)N1C[C@H]2[C@@H]([C@H]1c1nc(-c3ccc(C(=O)Cc4ccccn4)cc3)c3c(N)nccn13)C2(C)C. The van der Waals surface area contributed by atoms with Crippen LogP contribution in [0.3, 0.4) is 0 Å². The lowest BCUT2D eigenvalue weighted by Gasteiger charge is -2.29. The number of hydrogen-bond acceptors (Lipinski definition) is 6. The van der Waals surface area contributed by atoms with E-state index in [2.05, 4.69) is 30.4 Å². The molecule has 1 amide bonds. The number of carbonyl (C=O) groups excluding carboxylic acids is 2. The van der Waals surface area contributed by atoms with E-state index in [1.54, 1.807) is 24.5 Å². The lowest BCUT2D eigenvalue weighted by molar-refractivity contribution is -0.128. The molecule has 3 atom stereocenters. The average Bonchev–Trinajstić information content (AvgIpc) is 3.24. The van der Waals surface area contributed by atoms with Crippen molar-refractivity contribution in [3.63, 3.8) is 0 Å². The van der Waals surface area contributed by atoms with Gasteiger partial charge in [-0.05, 0) is 35.5 Å². The number of fused-ring (bicyclic) bond motifs is 2. The summed E-state index contributed by atoms with van der Waals surface area (Å²) in [5.41, 5.74) is 10.0. The monoisotopic (exact) mass is 492 g/mol. The Labute approximate surface area is 214 Å². The molecular formula is C29H28N6O2. The van der Waals surface area contributed by atoms with E-state index in [0.29, 0.717) is 41.0 Å². The van der Waals surface area contributed by atoms with E-state index in [0.717, 1.165) is 17.1 Å². The molecule has 0 bridgehead atoms. The maximum atomic E-state index is 12.8. The zero-order chi connectivity index (χ0) is 25.9. The quantitative estimate of drug-likeness (QED) is 0.320. The highest BCUT2D eigenvalue weighted by Gasteiger charge is 2.68. The van der Waals surface area contributed by atoms with E-state index >= 15 is 0 Å². The highest BCUT2D eigenvalue weighted by molar-refractivity contribution is 5.98. The minimum atomic E-state index is -0.187. The predicted molar refractivity (Wildman–Crippen MR) is 141 cm³/mol. The summed E-state index contributed by atoms with van der Waals surface area (Å²) in [5.74, 6) is 1.74. The standard InChI is InChI=1S/C29H28N6O2/c1-4-22(37)35-16-20-23(29(20,2)3)25(35)28-33-24(26-27(30)32-13-14-34(26)28)18-10-8-17(9-11-18)21(36)15-19-7-5-6-12-31-19/h4-14,20,23,25H,1,15-16H2,2-3H3,(H2,30,32)/t20-,23-,25-/m0/s1. The van der Waals surface area contributed by atoms with Gasteiger partial charge in [-0.15, -0.1) is 0 Å². The third kappa shape index (κ3) is 3.63. The Morgan fingerprint density at radius 2 is 1.92 bits per heavy atom. The fourth-order valence-corrected chi connectivity index (χ4v) is 6.01. The number of anilines is 1. The number of nitrogen functional groups attached to an aromatic ring is 1. The number of nitrogens with zero attached hydrogens (tertiary/aromatic N) is 5. The van der Waals surface area contributed by atoms with Crippen LogP contribution < -0.4 is 5.73 Å². The van der Waals surface area contributed by atoms with Crippen molar-refractivity contribution >= 4 is 23.0 Å². The number of benzene rings is 1. The Morgan fingerprint density at radius 1 is 1.14 bits per heavy atom. The summed E-state index contributed by atoms with van der Waals surface area (Å²) in [4.78, 5) is 41.1. The third-order valence-corrected chi connectivity index (χ3v) is 8.09. The molecule has 6 rings (SSSR count). The molecule has 8 nitrogen and oxygen atoms in total. The van der Waals surface area contributed by atoms with Crippen LogP contribution in [0.1, 0.15) is 41.8 Å². The fraction of sp³-hybridized carbons (Fsp3) is 0.276. The van der Waals surface area contributed by atoms with E-state index in [1.165, 1.54) is 6.08 Å². The summed E-state index contributed by atoms with van der Waals surface area (Å²) in [6.45, 7) is 8.89. The van der Waals surface area contributed by atoms with Crippen LogP contribution >= 0.6 is 0 Å². The second-order valence-corrected chi connectivity index (χ2v) is 10.4. The van der Waals surface area contributed by atoms with Crippen molar-refractivity contribution in [1.29, 1.82) is 0 Å². The molecule has 0 spiro atoms. The predicted octanol–water partition coefficient (Wildman–Crippen LogP) is 4.14. The van der Waals surface area contributed by atoms with Gasteiger partial charge in [0.15, 0.2) is 5.78 Å². The zero-order valence-electron chi connectivity index (χ0n) is 20.8. The number of aromatic nitrogens is 4. The number of amides is 1. The smallest absolute Gasteiger partial charge is 0.246 e. The number of nitrogens with two attached hydrogens (primary N) is 1. The Morgan fingerprint density at radius 3 is 2.62 bits per heavy atom. The van der Waals surface area contributed by atoms with Crippen LogP contribution in [0.2, 0.25) is 0 Å². The molecule has 4 aromatic rings. The molecule has 0 radical (unpaired) electrons. The van der Waals surface area contributed by atoms with Crippen molar-refractivity contribution in [3.8, 4) is 11.3 Å². The van der Waals surface area contributed by atoms with Crippen LogP contribution in [0.5, 0.6) is 0 Å². The Bertz CT molecular complexity index is 1540. The van der Waals surface area contributed by atoms with Crippen LogP contribution in [-0.4, -0.2) is 42.5 Å². The highest BCUT2D eigenvalue weighted by Crippen LogP contribution is 2.69. The van der Waals surface area contributed by atoms with Crippen LogP contribution in [-0.2, 0) is 11.2 Å². The zero-order valence-corrected chi connectivity index (χ0v) is 20.8. The molecule has 1 aliphatic heterocycles.